The molecule has 2 rings (SSSR count). The van der Waals surface area contributed by atoms with Gasteiger partial charge in [-0.25, -0.2) is 4.98 Å². The Hall–Kier alpha value is -0.650. The highest BCUT2D eigenvalue weighted by Gasteiger charge is 2.27. The molecule has 1 aromatic heterocycles. The predicted octanol–water partition coefficient (Wildman–Crippen LogP) is 1.70. The fourth-order valence-corrected chi connectivity index (χ4v) is 2.53. The van der Waals surface area contributed by atoms with Crippen LogP contribution in [0.4, 0.5) is 5.82 Å². The minimum absolute atomic E-state index is 0.107. The zero-order chi connectivity index (χ0) is 12.4. The molecule has 94 valence electrons. The lowest BCUT2D eigenvalue weighted by molar-refractivity contribution is 0.0279. The van der Waals surface area contributed by atoms with Crippen LogP contribution in [0.1, 0.15) is 12.5 Å². The second-order valence-electron chi connectivity index (χ2n) is 4.49. The zero-order valence-corrected chi connectivity index (χ0v) is 11.8. The number of hydrogen-bond donors (Lipinski definition) is 1. The van der Waals surface area contributed by atoms with E-state index >= 15 is 0 Å². The van der Waals surface area contributed by atoms with Crippen LogP contribution < -0.4 is 10.6 Å². The average Bonchev–Trinajstić information content (AvgIpc) is 2.30. The second-order valence-corrected chi connectivity index (χ2v) is 5.40. The number of anilines is 1. The molecule has 5 heteroatoms. The third-order valence-corrected chi connectivity index (χ3v) is 3.49. The Morgan fingerprint density at radius 2 is 2.41 bits per heavy atom. The van der Waals surface area contributed by atoms with E-state index in [4.69, 9.17) is 10.5 Å². The summed E-state index contributed by atoms with van der Waals surface area (Å²) in [4.78, 5) is 6.78. The Balaban J connectivity index is 2.24. The normalized spacial score (nSPS) is 25.1. The van der Waals surface area contributed by atoms with E-state index in [1.165, 1.54) is 5.56 Å². The Labute approximate surface area is 110 Å². The molecule has 0 spiro atoms. The van der Waals surface area contributed by atoms with Gasteiger partial charge in [-0.1, -0.05) is 0 Å². The first-order valence-electron chi connectivity index (χ1n) is 5.82. The lowest BCUT2D eigenvalue weighted by atomic mass is 10.1. The molecule has 0 bridgehead atoms. The van der Waals surface area contributed by atoms with Crippen molar-refractivity contribution in [1.82, 2.24) is 4.98 Å². The minimum Gasteiger partial charge on any atom is -0.373 e. The van der Waals surface area contributed by atoms with Crippen LogP contribution in [0.5, 0.6) is 0 Å². The van der Waals surface area contributed by atoms with E-state index in [0.717, 1.165) is 16.8 Å². The monoisotopic (exact) mass is 299 g/mol. The summed E-state index contributed by atoms with van der Waals surface area (Å²) in [5, 5.41) is 0. The van der Waals surface area contributed by atoms with Crippen LogP contribution in [-0.4, -0.2) is 36.8 Å². The van der Waals surface area contributed by atoms with Crippen LogP contribution in [0.25, 0.3) is 0 Å². The van der Waals surface area contributed by atoms with Crippen LogP contribution in [-0.2, 0) is 4.74 Å². The number of pyridine rings is 1. The molecule has 0 aliphatic carbocycles. The number of aromatic nitrogens is 1. The number of rotatable bonds is 2. The molecule has 1 aliphatic heterocycles. The van der Waals surface area contributed by atoms with Gasteiger partial charge in [-0.15, -0.1) is 0 Å². The van der Waals surface area contributed by atoms with Gasteiger partial charge < -0.3 is 15.4 Å². The SMILES string of the molecule is Cc1cc(Br)cnc1N1CC(CN)OCC1C. The fourth-order valence-electron chi connectivity index (χ4n) is 2.09. The van der Waals surface area contributed by atoms with Crippen molar-refractivity contribution < 1.29 is 4.74 Å². The second kappa shape index (κ2) is 5.33. The highest BCUT2D eigenvalue weighted by Crippen LogP contribution is 2.25. The van der Waals surface area contributed by atoms with Gasteiger partial charge in [-0.3, -0.25) is 0 Å². The van der Waals surface area contributed by atoms with Crippen LogP contribution in [0, 0.1) is 6.92 Å². The maximum absolute atomic E-state index is 5.67. The van der Waals surface area contributed by atoms with Crippen LogP contribution in [0.3, 0.4) is 0 Å². The van der Waals surface area contributed by atoms with Gasteiger partial charge in [0.05, 0.1) is 18.8 Å². The van der Waals surface area contributed by atoms with E-state index in [1.807, 2.05) is 6.20 Å². The summed E-state index contributed by atoms with van der Waals surface area (Å²) in [6.45, 7) is 6.30. The topological polar surface area (TPSA) is 51.4 Å². The van der Waals surface area contributed by atoms with Gasteiger partial charge >= 0.3 is 0 Å². The van der Waals surface area contributed by atoms with Gasteiger partial charge in [-0.05, 0) is 41.4 Å². The Morgan fingerprint density at radius 1 is 1.65 bits per heavy atom. The molecule has 1 aromatic rings. The molecule has 1 saturated heterocycles. The molecule has 0 saturated carbocycles. The summed E-state index contributed by atoms with van der Waals surface area (Å²) >= 11 is 3.44. The van der Waals surface area contributed by atoms with Crippen LogP contribution in [0.15, 0.2) is 16.7 Å². The molecule has 2 unspecified atom stereocenters. The molecular weight excluding hydrogens is 282 g/mol. The van der Waals surface area contributed by atoms with E-state index < -0.39 is 0 Å². The van der Waals surface area contributed by atoms with E-state index in [1.54, 1.807) is 0 Å². The first kappa shape index (κ1) is 12.8. The Bertz CT molecular complexity index is 399. The van der Waals surface area contributed by atoms with Crippen molar-refractivity contribution in [3.05, 3.63) is 22.3 Å². The molecule has 0 radical (unpaired) electrons. The van der Waals surface area contributed by atoms with Crippen molar-refractivity contribution in [1.29, 1.82) is 0 Å². The molecular formula is C12H18BrN3O. The average molecular weight is 300 g/mol. The summed E-state index contributed by atoms with van der Waals surface area (Å²) < 4.78 is 6.66. The van der Waals surface area contributed by atoms with Crippen molar-refractivity contribution in [3.63, 3.8) is 0 Å². The quantitative estimate of drug-likeness (QED) is 0.903. The minimum atomic E-state index is 0.107. The van der Waals surface area contributed by atoms with Crippen molar-refractivity contribution in [2.24, 2.45) is 5.73 Å². The molecule has 2 atom stereocenters. The van der Waals surface area contributed by atoms with Crippen molar-refractivity contribution in [2.75, 3.05) is 24.6 Å². The van der Waals surface area contributed by atoms with Crippen molar-refractivity contribution in [2.45, 2.75) is 26.0 Å². The Morgan fingerprint density at radius 3 is 3.06 bits per heavy atom. The molecule has 0 amide bonds. The highest BCUT2D eigenvalue weighted by molar-refractivity contribution is 9.10. The maximum atomic E-state index is 5.67. The van der Waals surface area contributed by atoms with E-state index in [2.05, 4.69) is 45.7 Å². The van der Waals surface area contributed by atoms with Gasteiger partial charge in [0.2, 0.25) is 0 Å². The van der Waals surface area contributed by atoms with Crippen molar-refractivity contribution >= 4 is 21.7 Å². The molecule has 2 heterocycles. The number of nitrogens with zero attached hydrogens (tertiary/aromatic N) is 2. The van der Waals surface area contributed by atoms with E-state index in [-0.39, 0.29) is 6.10 Å². The lowest BCUT2D eigenvalue weighted by Crippen LogP contribution is -2.51. The molecule has 17 heavy (non-hydrogen) atoms. The number of aryl methyl sites for hydroxylation is 1. The van der Waals surface area contributed by atoms with Gasteiger partial charge in [-0.2, -0.15) is 0 Å². The van der Waals surface area contributed by atoms with E-state index in [0.29, 0.717) is 19.2 Å². The summed E-state index contributed by atoms with van der Waals surface area (Å²) in [5.74, 6) is 1.03. The fraction of sp³-hybridized carbons (Fsp3) is 0.583. The third kappa shape index (κ3) is 2.78. The molecule has 1 fully saturated rings. The number of nitrogens with two attached hydrogens (primary N) is 1. The largest absolute Gasteiger partial charge is 0.373 e. The standard InChI is InChI=1S/C12H18BrN3O/c1-8-3-10(13)5-15-12(8)16-6-11(4-14)17-7-9(16)2/h3,5,9,11H,4,6-7,14H2,1-2H3. The number of hydrogen-bond acceptors (Lipinski definition) is 4. The molecule has 1 aliphatic rings. The van der Waals surface area contributed by atoms with Gasteiger partial charge in [0.1, 0.15) is 5.82 Å². The lowest BCUT2D eigenvalue weighted by Gasteiger charge is -2.39. The predicted molar refractivity (Wildman–Crippen MR) is 72.3 cm³/mol. The van der Waals surface area contributed by atoms with Crippen LogP contribution in [0.2, 0.25) is 0 Å². The first-order chi connectivity index (χ1) is 8.11. The number of morpholine rings is 1. The summed E-state index contributed by atoms with van der Waals surface area (Å²) in [6.07, 6.45) is 1.94. The summed E-state index contributed by atoms with van der Waals surface area (Å²) in [7, 11) is 0. The van der Waals surface area contributed by atoms with Gasteiger partial charge in [0.25, 0.3) is 0 Å². The molecule has 4 nitrogen and oxygen atoms in total. The number of ether oxygens (including phenoxy) is 1. The molecule has 0 aromatic carbocycles. The number of halogens is 1. The summed E-state index contributed by atoms with van der Waals surface area (Å²) in [5.41, 5.74) is 6.84. The zero-order valence-electron chi connectivity index (χ0n) is 10.2. The summed E-state index contributed by atoms with van der Waals surface area (Å²) in [6, 6.07) is 2.42. The van der Waals surface area contributed by atoms with E-state index in [9.17, 15) is 0 Å². The first-order valence-corrected chi connectivity index (χ1v) is 6.61. The van der Waals surface area contributed by atoms with Gasteiger partial charge in [0, 0.05) is 23.8 Å². The smallest absolute Gasteiger partial charge is 0.131 e. The molecule has 2 N–H and O–H groups in total. The maximum Gasteiger partial charge on any atom is 0.131 e. The van der Waals surface area contributed by atoms with Gasteiger partial charge in [0.15, 0.2) is 0 Å². The van der Waals surface area contributed by atoms with Crippen LogP contribution >= 0.6 is 15.9 Å². The highest BCUT2D eigenvalue weighted by atomic mass is 79.9. The Kier molecular flexibility index (Phi) is 4.01. The third-order valence-electron chi connectivity index (χ3n) is 3.06. The van der Waals surface area contributed by atoms with Crippen molar-refractivity contribution in [3.8, 4) is 0 Å².